The Kier molecular flexibility index (Phi) is 3.59. The SMILES string of the molecule is O=C(NC1C=CC(C(=O)O)C1)c1ccc(F)c(F)c1. The minimum Gasteiger partial charge on any atom is -0.481 e. The fourth-order valence-corrected chi connectivity index (χ4v) is 1.88. The molecule has 0 bridgehead atoms. The summed E-state index contributed by atoms with van der Waals surface area (Å²) in [6.07, 6.45) is 3.33. The maximum Gasteiger partial charge on any atom is 0.310 e. The number of hydrogen-bond acceptors (Lipinski definition) is 2. The Hall–Kier alpha value is -2.24. The second kappa shape index (κ2) is 5.17. The van der Waals surface area contributed by atoms with E-state index in [9.17, 15) is 18.4 Å². The molecule has 1 aliphatic rings. The molecular weight excluding hydrogens is 256 g/mol. The number of aliphatic carboxylic acids is 1. The molecule has 0 radical (unpaired) electrons. The maximum absolute atomic E-state index is 13.0. The first-order chi connectivity index (χ1) is 8.97. The number of amides is 1. The highest BCUT2D eigenvalue weighted by molar-refractivity contribution is 5.94. The minimum absolute atomic E-state index is 0.00826. The van der Waals surface area contributed by atoms with Crippen LogP contribution < -0.4 is 5.32 Å². The summed E-state index contributed by atoms with van der Waals surface area (Å²) in [4.78, 5) is 22.5. The molecule has 1 aromatic carbocycles. The van der Waals surface area contributed by atoms with E-state index in [1.165, 1.54) is 12.1 Å². The summed E-state index contributed by atoms with van der Waals surface area (Å²) in [7, 11) is 0. The number of carboxylic acid groups (broad SMARTS) is 1. The van der Waals surface area contributed by atoms with Gasteiger partial charge in [0.2, 0.25) is 0 Å². The highest BCUT2D eigenvalue weighted by Gasteiger charge is 2.25. The van der Waals surface area contributed by atoms with Crippen LogP contribution in [-0.4, -0.2) is 23.0 Å². The fraction of sp³-hybridized carbons (Fsp3) is 0.231. The molecule has 0 aromatic heterocycles. The highest BCUT2D eigenvalue weighted by atomic mass is 19.2. The molecule has 2 atom stereocenters. The Balaban J connectivity index is 2.00. The third kappa shape index (κ3) is 2.96. The molecule has 1 aliphatic carbocycles. The molecule has 0 saturated carbocycles. The number of halogens is 2. The smallest absolute Gasteiger partial charge is 0.310 e. The Morgan fingerprint density at radius 3 is 2.53 bits per heavy atom. The van der Waals surface area contributed by atoms with Crippen molar-refractivity contribution in [2.75, 3.05) is 0 Å². The number of rotatable bonds is 3. The average molecular weight is 267 g/mol. The molecule has 1 aromatic rings. The van der Waals surface area contributed by atoms with Crippen molar-refractivity contribution in [1.82, 2.24) is 5.32 Å². The number of carbonyl (C=O) groups excluding carboxylic acids is 1. The van der Waals surface area contributed by atoms with E-state index in [1.54, 1.807) is 6.08 Å². The van der Waals surface area contributed by atoms with Crippen molar-refractivity contribution in [3.8, 4) is 0 Å². The molecule has 6 heteroatoms. The molecule has 100 valence electrons. The van der Waals surface area contributed by atoms with Crippen molar-refractivity contribution in [2.24, 2.45) is 5.92 Å². The summed E-state index contributed by atoms with van der Waals surface area (Å²) in [5.41, 5.74) is -0.00826. The third-order valence-corrected chi connectivity index (χ3v) is 2.90. The lowest BCUT2D eigenvalue weighted by Crippen LogP contribution is -2.33. The van der Waals surface area contributed by atoms with Crippen molar-refractivity contribution in [2.45, 2.75) is 12.5 Å². The Bertz CT molecular complexity index is 557. The van der Waals surface area contributed by atoms with Crippen LogP contribution in [0.15, 0.2) is 30.4 Å². The van der Waals surface area contributed by atoms with E-state index in [-0.39, 0.29) is 12.0 Å². The maximum atomic E-state index is 13.0. The van der Waals surface area contributed by atoms with Crippen LogP contribution in [0.1, 0.15) is 16.8 Å². The predicted octanol–water partition coefficient (Wildman–Crippen LogP) is 1.72. The zero-order chi connectivity index (χ0) is 14.0. The lowest BCUT2D eigenvalue weighted by Gasteiger charge is -2.12. The van der Waals surface area contributed by atoms with E-state index in [2.05, 4.69) is 5.32 Å². The molecule has 2 N–H and O–H groups in total. The average Bonchev–Trinajstić information content (AvgIpc) is 2.81. The largest absolute Gasteiger partial charge is 0.481 e. The molecule has 1 amide bonds. The quantitative estimate of drug-likeness (QED) is 0.819. The van der Waals surface area contributed by atoms with Crippen molar-refractivity contribution in [3.05, 3.63) is 47.5 Å². The first-order valence-corrected chi connectivity index (χ1v) is 5.64. The van der Waals surface area contributed by atoms with Crippen LogP contribution in [0.25, 0.3) is 0 Å². The zero-order valence-corrected chi connectivity index (χ0v) is 9.77. The van der Waals surface area contributed by atoms with Gasteiger partial charge in [0.15, 0.2) is 11.6 Å². The summed E-state index contributed by atoms with van der Waals surface area (Å²) >= 11 is 0. The Morgan fingerprint density at radius 2 is 1.95 bits per heavy atom. The van der Waals surface area contributed by atoms with Gasteiger partial charge in [-0.2, -0.15) is 0 Å². The summed E-state index contributed by atoms with van der Waals surface area (Å²) in [5, 5.41) is 11.3. The first kappa shape index (κ1) is 13.2. The van der Waals surface area contributed by atoms with E-state index in [0.29, 0.717) is 0 Å². The molecule has 0 spiro atoms. The summed E-state index contributed by atoms with van der Waals surface area (Å²) in [5.74, 6) is -4.28. The van der Waals surface area contributed by atoms with E-state index < -0.39 is 35.5 Å². The molecule has 2 unspecified atom stereocenters. The van der Waals surface area contributed by atoms with Crippen LogP contribution in [0, 0.1) is 17.6 Å². The van der Waals surface area contributed by atoms with Crippen LogP contribution in [-0.2, 0) is 4.79 Å². The van der Waals surface area contributed by atoms with Gasteiger partial charge in [0.05, 0.1) is 5.92 Å². The number of nitrogens with one attached hydrogen (secondary N) is 1. The van der Waals surface area contributed by atoms with E-state index in [1.807, 2.05) is 0 Å². The van der Waals surface area contributed by atoms with Crippen LogP contribution >= 0.6 is 0 Å². The first-order valence-electron chi connectivity index (χ1n) is 5.64. The van der Waals surface area contributed by atoms with Gasteiger partial charge in [-0.25, -0.2) is 8.78 Å². The minimum atomic E-state index is -1.10. The van der Waals surface area contributed by atoms with Crippen molar-refractivity contribution in [1.29, 1.82) is 0 Å². The number of hydrogen-bond donors (Lipinski definition) is 2. The zero-order valence-electron chi connectivity index (χ0n) is 9.77. The lowest BCUT2D eigenvalue weighted by molar-refractivity contribution is -0.140. The van der Waals surface area contributed by atoms with Gasteiger partial charge in [-0.15, -0.1) is 0 Å². The molecule has 0 saturated heterocycles. The summed E-state index contributed by atoms with van der Waals surface area (Å²) < 4.78 is 25.7. The van der Waals surface area contributed by atoms with Crippen LogP contribution in [0.3, 0.4) is 0 Å². The van der Waals surface area contributed by atoms with Gasteiger partial charge in [-0.3, -0.25) is 9.59 Å². The predicted molar refractivity (Wildman–Crippen MR) is 62.5 cm³/mol. The lowest BCUT2D eigenvalue weighted by atomic mass is 10.1. The van der Waals surface area contributed by atoms with Gasteiger partial charge >= 0.3 is 5.97 Å². The van der Waals surface area contributed by atoms with Gasteiger partial charge in [0.25, 0.3) is 5.91 Å². The topological polar surface area (TPSA) is 66.4 Å². The van der Waals surface area contributed by atoms with Gasteiger partial charge < -0.3 is 10.4 Å². The molecule has 19 heavy (non-hydrogen) atoms. The second-order valence-electron chi connectivity index (χ2n) is 4.27. The number of carbonyl (C=O) groups is 2. The van der Waals surface area contributed by atoms with Gasteiger partial charge in [0.1, 0.15) is 0 Å². The molecule has 0 fully saturated rings. The van der Waals surface area contributed by atoms with Gasteiger partial charge in [-0.05, 0) is 24.6 Å². The highest BCUT2D eigenvalue weighted by Crippen LogP contribution is 2.18. The number of benzene rings is 1. The van der Waals surface area contributed by atoms with Crippen molar-refractivity contribution < 1.29 is 23.5 Å². The molecule has 4 nitrogen and oxygen atoms in total. The third-order valence-electron chi connectivity index (χ3n) is 2.90. The van der Waals surface area contributed by atoms with Crippen LogP contribution in [0.4, 0.5) is 8.78 Å². The molecule has 0 aliphatic heterocycles. The van der Waals surface area contributed by atoms with Gasteiger partial charge in [-0.1, -0.05) is 12.2 Å². The monoisotopic (exact) mass is 267 g/mol. The van der Waals surface area contributed by atoms with E-state index in [0.717, 1.165) is 12.1 Å². The molecule has 0 heterocycles. The van der Waals surface area contributed by atoms with Gasteiger partial charge in [0, 0.05) is 11.6 Å². The fourth-order valence-electron chi connectivity index (χ4n) is 1.88. The standard InChI is InChI=1S/C13H11F2NO3/c14-10-4-2-7(6-11(10)15)12(17)16-9-3-1-8(5-9)13(18)19/h1-4,6,8-9H,5H2,(H,16,17)(H,18,19). The summed E-state index contributed by atoms with van der Waals surface area (Å²) in [6, 6.07) is 2.43. The normalized spacial score (nSPS) is 21.4. The van der Waals surface area contributed by atoms with Crippen molar-refractivity contribution >= 4 is 11.9 Å². The molecule has 2 rings (SSSR count). The Morgan fingerprint density at radius 1 is 1.21 bits per heavy atom. The van der Waals surface area contributed by atoms with Crippen LogP contribution in [0.5, 0.6) is 0 Å². The van der Waals surface area contributed by atoms with E-state index in [4.69, 9.17) is 5.11 Å². The number of carboxylic acids is 1. The van der Waals surface area contributed by atoms with Crippen molar-refractivity contribution in [3.63, 3.8) is 0 Å². The van der Waals surface area contributed by atoms with Crippen LogP contribution in [0.2, 0.25) is 0 Å². The summed E-state index contributed by atoms with van der Waals surface area (Å²) in [6.45, 7) is 0. The second-order valence-corrected chi connectivity index (χ2v) is 4.27. The Labute approximate surface area is 107 Å². The molecular formula is C13H11F2NO3. The van der Waals surface area contributed by atoms with E-state index >= 15 is 0 Å².